The smallest absolute Gasteiger partial charge is 0.414 e. The highest BCUT2D eigenvalue weighted by Gasteiger charge is 2.32. The molecule has 0 unspecified atom stereocenters. The van der Waals surface area contributed by atoms with Crippen LogP contribution in [0.3, 0.4) is 0 Å². The summed E-state index contributed by atoms with van der Waals surface area (Å²) in [5, 5.41) is 2.68. The second kappa shape index (κ2) is 9.76. The molecule has 1 N–H and O–H groups in total. The summed E-state index contributed by atoms with van der Waals surface area (Å²) in [4.78, 5) is 41.9. The molecule has 2 saturated heterocycles. The van der Waals surface area contributed by atoms with Gasteiger partial charge in [0.25, 0.3) is 0 Å². The standard InChI is InChI=1S/C21H27N7O5/c1-14(29)22-12-17-13-28(21(30)33-17)16-6-4-15(5-7-16)26-8-10-27(11-9-26)18-23-19(31-2)25-20(24-18)32-3/h4-7,17H,8-13H2,1-3H3,(H,22,29)/t17-/m0/s1. The lowest BCUT2D eigenvalue weighted by molar-refractivity contribution is -0.119. The zero-order valence-corrected chi connectivity index (χ0v) is 18.9. The maximum atomic E-state index is 12.2. The summed E-state index contributed by atoms with van der Waals surface area (Å²) < 4.78 is 15.6. The minimum Gasteiger partial charge on any atom is -0.467 e. The van der Waals surface area contributed by atoms with Gasteiger partial charge in [-0.2, -0.15) is 9.97 Å². The van der Waals surface area contributed by atoms with Gasteiger partial charge in [-0.1, -0.05) is 0 Å². The van der Waals surface area contributed by atoms with Gasteiger partial charge in [0.2, 0.25) is 11.9 Å². The van der Waals surface area contributed by atoms with Crippen molar-refractivity contribution in [3.63, 3.8) is 0 Å². The van der Waals surface area contributed by atoms with Crippen LogP contribution in [0.2, 0.25) is 0 Å². The summed E-state index contributed by atoms with van der Waals surface area (Å²) in [5.41, 5.74) is 1.82. The van der Waals surface area contributed by atoms with Gasteiger partial charge < -0.3 is 29.3 Å². The van der Waals surface area contributed by atoms with Gasteiger partial charge in [0.15, 0.2) is 0 Å². The highest BCUT2D eigenvalue weighted by Crippen LogP contribution is 2.26. The number of benzene rings is 1. The van der Waals surface area contributed by atoms with Crippen LogP contribution in [0.5, 0.6) is 12.0 Å². The number of amides is 2. The highest BCUT2D eigenvalue weighted by molar-refractivity contribution is 5.90. The predicted octanol–water partition coefficient (Wildman–Crippen LogP) is 0.677. The molecule has 33 heavy (non-hydrogen) atoms. The maximum Gasteiger partial charge on any atom is 0.414 e. The van der Waals surface area contributed by atoms with Crippen molar-refractivity contribution < 1.29 is 23.8 Å². The number of methoxy groups -OCH3 is 2. The Bertz CT molecular complexity index is 973. The summed E-state index contributed by atoms with van der Waals surface area (Å²) in [6.07, 6.45) is -0.767. The van der Waals surface area contributed by atoms with E-state index in [-0.39, 0.29) is 24.0 Å². The number of hydrogen-bond donors (Lipinski definition) is 1. The number of nitrogens with zero attached hydrogens (tertiary/aromatic N) is 6. The fourth-order valence-electron chi connectivity index (χ4n) is 3.76. The molecule has 1 aromatic carbocycles. The van der Waals surface area contributed by atoms with E-state index < -0.39 is 6.09 Å². The highest BCUT2D eigenvalue weighted by atomic mass is 16.6. The van der Waals surface area contributed by atoms with Crippen molar-refractivity contribution in [2.75, 3.05) is 68.2 Å². The number of aromatic nitrogens is 3. The molecule has 0 saturated carbocycles. The van der Waals surface area contributed by atoms with E-state index in [1.165, 1.54) is 21.1 Å². The Morgan fingerprint density at radius 3 is 2.15 bits per heavy atom. The summed E-state index contributed by atoms with van der Waals surface area (Å²) in [6, 6.07) is 8.24. The molecule has 12 heteroatoms. The van der Waals surface area contributed by atoms with Crippen LogP contribution in [-0.4, -0.2) is 86.5 Å². The number of rotatable bonds is 7. The summed E-state index contributed by atoms with van der Waals surface area (Å²) in [6.45, 7) is 5.14. The summed E-state index contributed by atoms with van der Waals surface area (Å²) in [5.74, 6) is 0.373. The normalized spacial score (nSPS) is 18.2. The van der Waals surface area contributed by atoms with E-state index in [0.29, 0.717) is 19.0 Å². The number of nitrogens with one attached hydrogen (secondary N) is 1. The van der Waals surface area contributed by atoms with Gasteiger partial charge in [0, 0.05) is 44.5 Å². The molecule has 1 aromatic heterocycles. The van der Waals surface area contributed by atoms with Gasteiger partial charge in [-0.3, -0.25) is 9.69 Å². The van der Waals surface area contributed by atoms with Crippen molar-refractivity contribution >= 4 is 29.3 Å². The van der Waals surface area contributed by atoms with Crippen molar-refractivity contribution in [1.29, 1.82) is 0 Å². The first-order valence-electron chi connectivity index (χ1n) is 10.6. The Kier molecular flexibility index (Phi) is 6.61. The SMILES string of the molecule is COc1nc(OC)nc(N2CCN(c3ccc(N4C[C@H](CNC(C)=O)OC4=O)cc3)CC2)n1. The minimum atomic E-state index is -0.407. The third kappa shape index (κ3) is 5.16. The van der Waals surface area contributed by atoms with E-state index >= 15 is 0 Å². The van der Waals surface area contributed by atoms with E-state index in [1.54, 1.807) is 4.90 Å². The molecule has 0 aliphatic carbocycles. The van der Waals surface area contributed by atoms with E-state index in [4.69, 9.17) is 14.2 Å². The number of anilines is 3. The van der Waals surface area contributed by atoms with E-state index in [9.17, 15) is 9.59 Å². The molecular formula is C21H27N7O5. The van der Waals surface area contributed by atoms with Crippen LogP contribution >= 0.6 is 0 Å². The Hall–Kier alpha value is -3.83. The van der Waals surface area contributed by atoms with Gasteiger partial charge in [-0.15, -0.1) is 4.98 Å². The first kappa shape index (κ1) is 22.4. The van der Waals surface area contributed by atoms with Crippen molar-refractivity contribution in [2.24, 2.45) is 0 Å². The van der Waals surface area contributed by atoms with E-state index in [1.807, 2.05) is 24.3 Å². The van der Waals surface area contributed by atoms with Crippen LogP contribution in [0.1, 0.15) is 6.92 Å². The number of hydrogen-bond acceptors (Lipinski definition) is 10. The Morgan fingerprint density at radius 2 is 1.58 bits per heavy atom. The van der Waals surface area contributed by atoms with E-state index in [0.717, 1.165) is 37.6 Å². The zero-order chi connectivity index (χ0) is 23.4. The molecule has 0 radical (unpaired) electrons. The molecule has 1 atom stereocenters. The Labute approximate surface area is 191 Å². The van der Waals surface area contributed by atoms with Crippen LogP contribution in [0.15, 0.2) is 24.3 Å². The fraction of sp³-hybridized carbons (Fsp3) is 0.476. The van der Waals surface area contributed by atoms with Crippen LogP contribution in [0.4, 0.5) is 22.1 Å². The third-order valence-corrected chi connectivity index (χ3v) is 5.49. The second-order valence-electron chi connectivity index (χ2n) is 7.65. The van der Waals surface area contributed by atoms with Gasteiger partial charge in [0.1, 0.15) is 6.10 Å². The van der Waals surface area contributed by atoms with Gasteiger partial charge >= 0.3 is 18.1 Å². The predicted molar refractivity (Wildman–Crippen MR) is 120 cm³/mol. The first-order valence-corrected chi connectivity index (χ1v) is 10.6. The van der Waals surface area contributed by atoms with Crippen molar-refractivity contribution in [1.82, 2.24) is 20.3 Å². The van der Waals surface area contributed by atoms with Crippen LogP contribution < -0.4 is 29.5 Å². The third-order valence-electron chi connectivity index (χ3n) is 5.49. The molecule has 4 rings (SSSR count). The lowest BCUT2D eigenvalue weighted by Gasteiger charge is -2.36. The molecule has 0 bridgehead atoms. The van der Waals surface area contributed by atoms with Crippen molar-refractivity contribution in [3.8, 4) is 12.0 Å². The second-order valence-corrected chi connectivity index (χ2v) is 7.65. The molecule has 2 aliphatic rings. The van der Waals surface area contributed by atoms with E-state index in [2.05, 4.69) is 30.1 Å². The molecule has 176 valence electrons. The number of carbonyl (C=O) groups is 2. The average Bonchev–Trinajstić information content (AvgIpc) is 3.23. The monoisotopic (exact) mass is 457 g/mol. The van der Waals surface area contributed by atoms with Crippen molar-refractivity contribution in [3.05, 3.63) is 24.3 Å². The lowest BCUT2D eigenvalue weighted by Crippen LogP contribution is -2.47. The van der Waals surface area contributed by atoms with Gasteiger partial charge in [0.05, 0.1) is 27.3 Å². The number of cyclic esters (lactones) is 1. The zero-order valence-electron chi connectivity index (χ0n) is 18.9. The Morgan fingerprint density at radius 1 is 1.00 bits per heavy atom. The quantitative estimate of drug-likeness (QED) is 0.635. The number of piperazine rings is 1. The summed E-state index contributed by atoms with van der Waals surface area (Å²) >= 11 is 0. The molecule has 2 amide bonds. The molecule has 12 nitrogen and oxygen atoms in total. The average molecular weight is 457 g/mol. The fourth-order valence-corrected chi connectivity index (χ4v) is 3.76. The van der Waals surface area contributed by atoms with Crippen molar-refractivity contribution in [2.45, 2.75) is 13.0 Å². The van der Waals surface area contributed by atoms with Gasteiger partial charge in [-0.05, 0) is 24.3 Å². The molecular weight excluding hydrogens is 430 g/mol. The minimum absolute atomic E-state index is 0.150. The Balaban J connectivity index is 1.35. The lowest BCUT2D eigenvalue weighted by atomic mass is 10.2. The molecule has 2 fully saturated rings. The van der Waals surface area contributed by atoms with Crippen LogP contribution in [0, 0.1) is 0 Å². The number of carbonyl (C=O) groups excluding carboxylic acids is 2. The largest absolute Gasteiger partial charge is 0.467 e. The van der Waals surface area contributed by atoms with Crippen LogP contribution in [0.25, 0.3) is 0 Å². The molecule has 0 spiro atoms. The molecule has 3 heterocycles. The first-order chi connectivity index (χ1) is 16.0. The maximum absolute atomic E-state index is 12.2. The van der Waals surface area contributed by atoms with Crippen LogP contribution in [-0.2, 0) is 9.53 Å². The summed E-state index contributed by atoms with van der Waals surface area (Å²) in [7, 11) is 3.01. The number of ether oxygens (including phenoxy) is 3. The molecule has 2 aromatic rings. The molecule has 2 aliphatic heterocycles. The topological polar surface area (TPSA) is 122 Å². The van der Waals surface area contributed by atoms with Gasteiger partial charge in [-0.25, -0.2) is 4.79 Å².